The number of amides is 2. The maximum Gasteiger partial charge on any atom is 0.253 e. The van der Waals surface area contributed by atoms with E-state index in [1.54, 1.807) is 12.1 Å². The number of nitrogens with one attached hydrogen (secondary N) is 1. The first-order valence-corrected chi connectivity index (χ1v) is 9.40. The molecule has 0 bridgehead atoms. The zero-order valence-electron chi connectivity index (χ0n) is 14.5. The third-order valence-corrected chi connectivity index (χ3v) is 5.16. The van der Waals surface area contributed by atoms with Gasteiger partial charge in [-0.25, -0.2) is 0 Å². The summed E-state index contributed by atoms with van der Waals surface area (Å²) in [5.41, 5.74) is 1.47. The van der Waals surface area contributed by atoms with Crippen LogP contribution in [0.1, 0.15) is 18.4 Å². The standard InChI is InChI=1S/C19H22ClN3O3/c20-15-1-4-17-13(10-15)9-14(12-26-17)19(25)23-7-5-22(6-8-23)11-18(24)21-16-2-3-16/h1,4,9-10,16H,2-3,5-8,11-12H2,(H,21,24). The van der Waals surface area contributed by atoms with Crippen LogP contribution in [0.25, 0.3) is 6.08 Å². The van der Waals surface area contributed by atoms with Gasteiger partial charge >= 0.3 is 0 Å². The molecule has 2 aliphatic heterocycles. The Hall–Kier alpha value is -2.05. The second kappa shape index (κ2) is 7.29. The minimum absolute atomic E-state index is 0.00212. The first kappa shape index (κ1) is 17.4. The molecule has 2 amide bonds. The molecule has 1 N–H and O–H groups in total. The summed E-state index contributed by atoms with van der Waals surface area (Å²) in [6.45, 7) is 3.35. The van der Waals surface area contributed by atoms with Crippen LogP contribution in [0.2, 0.25) is 5.02 Å². The van der Waals surface area contributed by atoms with Crippen molar-refractivity contribution in [1.82, 2.24) is 15.1 Å². The van der Waals surface area contributed by atoms with Crippen molar-refractivity contribution >= 4 is 29.5 Å². The number of benzene rings is 1. The summed E-state index contributed by atoms with van der Waals surface area (Å²) < 4.78 is 5.68. The van der Waals surface area contributed by atoms with Gasteiger partial charge in [0, 0.05) is 42.8 Å². The summed E-state index contributed by atoms with van der Waals surface area (Å²) in [5, 5.41) is 3.62. The van der Waals surface area contributed by atoms with Gasteiger partial charge in [-0.3, -0.25) is 14.5 Å². The molecule has 26 heavy (non-hydrogen) atoms. The number of hydrogen-bond acceptors (Lipinski definition) is 4. The number of halogens is 1. The van der Waals surface area contributed by atoms with Crippen molar-refractivity contribution in [1.29, 1.82) is 0 Å². The second-order valence-electron chi connectivity index (χ2n) is 7.05. The van der Waals surface area contributed by atoms with Crippen LogP contribution < -0.4 is 10.1 Å². The number of carbonyl (C=O) groups excluding carboxylic acids is 2. The van der Waals surface area contributed by atoms with Crippen LogP contribution in [-0.4, -0.2) is 67.0 Å². The molecular formula is C19H22ClN3O3. The van der Waals surface area contributed by atoms with Gasteiger partial charge in [-0.15, -0.1) is 0 Å². The van der Waals surface area contributed by atoms with Gasteiger partial charge in [-0.05, 0) is 37.1 Å². The Morgan fingerprint density at radius 3 is 2.69 bits per heavy atom. The lowest BCUT2D eigenvalue weighted by Crippen LogP contribution is -2.51. The van der Waals surface area contributed by atoms with Gasteiger partial charge in [0.05, 0.1) is 12.1 Å². The smallest absolute Gasteiger partial charge is 0.253 e. The Bertz CT molecular complexity index is 752. The molecule has 0 aromatic heterocycles. The van der Waals surface area contributed by atoms with Gasteiger partial charge in [0.1, 0.15) is 12.4 Å². The Morgan fingerprint density at radius 1 is 1.19 bits per heavy atom. The molecule has 1 aromatic carbocycles. The van der Waals surface area contributed by atoms with Gasteiger partial charge in [0.15, 0.2) is 0 Å². The van der Waals surface area contributed by atoms with Crippen molar-refractivity contribution in [2.75, 3.05) is 39.3 Å². The van der Waals surface area contributed by atoms with E-state index in [1.165, 1.54) is 0 Å². The van der Waals surface area contributed by atoms with E-state index in [9.17, 15) is 9.59 Å². The van der Waals surface area contributed by atoms with E-state index < -0.39 is 0 Å². The van der Waals surface area contributed by atoms with Crippen LogP contribution in [-0.2, 0) is 9.59 Å². The molecule has 2 fully saturated rings. The predicted octanol–water partition coefficient (Wildman–Crippen LogP) is 1.54. The molecule has 0 spiro atoms. The van der Waals surface area contributed by atoms with Crippen LogP contribution in [0.3, 0.4) is 0 Å². The van der Waals surface area contributed by atoms with Gasteiger partial charge in [-0.2, -0.15) is 0 Å². The Balaban J connectivity index is 1.32. The SMILES string of the molecule is O=C(CN1CCN(C(=O)C2=Cc3cc(Cl)ccc3OC2)CC1)NC1CC1. The lowest BCUT2D eigenvalue weighted by Gasteiger charge is -2.35. The molecular weight excluding hydrogens is 354 g/mol. The summed E-state index contributed by atoms with van der Waals surface area (Å²) >= 11 is 6.03. The summed E-state index contributed by atoms with van der Waals surface area (Å²) in [6, 6.07) is 5.79. The van der Waals surface area contributed by atoms with E-state index >= 15 is 0 Å². The number of ether oxygens (including phenoxy) is 1. The van der Waals surface area contributed by atoms with E-state index in [-0.39, 0.29) is 18.4 Å². The fourth-order valence-electron chi connectivity index (χ4n) is 3.29. The van der Waals surface area contributed by atoms with Crippen molar-refractivity contribution in [3.8, 4) is 5.75 Å². The monoisotopic (exact) mass is 375 g/mol. The summed E-state index contributed by atoms with van der Waals surface area (Å²) in [7, 11) is 0. The van der Waals surface area contributed by atoms with Crippen molar-refractivity contribution in [2.24, 2.45) is 0 Å². The highest BCUT2D eigenvalue weighted by atomic mass is 35.5. The molecule has 0 atom stereocenters. The summed E-state index contributed by atoms with van der Waals surface area (Å²) in [5.74, 6) is 0.833. The summed E-state index contributed by atoms with van der Waals surface area (Å²) in [6.07, 6.45) is 4.06. The molecule has 0 unspecified atom stereocenters. The Labute approximate surface area is 157 Å². The first-order valence-electron chi connectivity index (χ1n) is 9.02. The maximum absolute atomic E-state index is 12.8. The summed E-state index contributed by atoms with van der Waals surface area (Å²) in [4.78, 5) is 28.6. The third-order valence-electron chi connectivity index (χ3n) is 4.93. The first-order chi connectivity index (χ1) is 12.6. The van der Waals surface area contributed by atoms with Gasteiger partial charge in [-0.1, -0.05) is 11.6 Å². The normalized spacial score (nSPS) is 20.0. The molecule has 1 saturated carbocycles. The number of carbonyl (C=O) groups is 2. The van der Waals surface area contributed by atoms with Crippen LogP contribution in [0.15, 0.2) is 23.8 Å². The van der Waals surface area contributed by atoms with E-state index in [0.717, 1.165) is 24.2 Å². The zero-order chi connectivity index (χ0) is 18.1. The Morgan fingerprint density at radius 2 is 1.96 bits per heavy atom. The molecule has 7 heteroatoms. The molecule has 138 valence electrons. The van der Waals surface area contributed by atoms with Crippen LogP contribution in [0.4, 0.5) is 0 Å². The van der Waals surface area contributed by atoms with Gasteiger partial charge in [0.25, 0.3) is 5.91 Å². The number of nitrogens with zero attached hydrogens (tertiary/aromatic N) is 2. The average molecular weight is 376 g/mol. The minimum Gasteiger partial charge on any atom is -0.488 e. The molecule has 2 heterocycles. The third kappa shape index (κ3) is 4.02. The zero-order valence-corrected chi connectivity index (χ0v) is 15.3. The quantitative estimate of drug-likeness (QED) is 0.867. The molecule has 3 aliphatic rings. The fourth-order valence-corrected chi connectivity index (χ4v) is 3.47. The predicted molar refractivity (Wildman–Crippen MR) is 99.1 cm³/mol. The molecule has 0 radical (unpaired) electrons. The van der Waals surface area contributed by atoms with Gasteiger partial charge in [0.2, 0.25) is 5.91 Å². The molecule has 6 nitrogen and oxygen atoms in total. The lowest BCUT2D eigenvalue weighted by molar-refractivity contribution is -0.129. The molecule has 1 aromatic rings. The highest BCUT2D eigenvalue weighted by molar-refractivity contribution is 6.30. The van der Waals surface area contributed by atoms with Gasteiger partial charge < -0.3 is 15.0 Å². The number of piperazine rings is 1. The molecule has 1 aliphatic carbocycles. The maximum atomic E-state index is 12.8. The molecule has 4 rings (SSSR count). The van der Waals surface area contributed by atoms with E-state index in [2.05, 4.69) is 10.2 Å². The number of hydrogen-bond donors (Lipinski definition) is 1. The van der Waals surface area contributed by atoms with Crippen molar-refractivity contribution in [2.45, 2.75) is 18.9 Å². The van der Waals surface area contributed by atoms with Crippen molar-refractivity contribution < 1.29 is 14.3 Å². The number of rotatable bonds is 4. The fraction of sp³-hybridized carbons (Fsp3) is 0.474. The van der Waals surface area contributed by atoms with Crippen molar-refractivity contribution in [3.63, 3.8) is 0 Å². The highest BCUT2D eigenvalue weighted by Gasteiger charge is 2.28. The van der Waals surface area contributed by atoms with E-state index in [4.69, 9.17) is 16.3 Å². The average Bonchev–Trinajstić information content (AvgIpc) is 3.45. The molecule has 1 saturated heterocycles. The van der Waals surface area contributed by atoms with E-state index in [1.807, 2.05) is 17.0 Å². The van der Waals surface area contributed by atoms with Crippen LogP contribution >= 0.6 is 11.6 Å². The highest BCUT2D eigenvalue weighted by Crippen LogP contribution is 2.29. The second-order valence-corrected chi connectivity index (χ2v) is 7.49. The topological polar surface area (TPSA) is 61.9 Å². The lowest BCUT2D eigenvalue weighted by atomic mass is 10.1. The largest absolute Gasteiger partial charge is 0.488 e. The minimum atomic E-state index is -0.00212. The van der Waals surface area contributed by atoms with E-state index in [0.29, 0.717) is 49.4 Å². The number of fused-ring (bicyclic) bond motifs is 1. The van der Waals surface area contributed by atoms with Crippen LogP contribution in [0, 0.1) is 0 Å². The Kier molecular flexibility index (Phi) is 4.87. The van der Waals surface area contributed by atoms with Crippen molar-refractivity contribution in [3.05, 3.63) is 34.4 Å². The van der Waals surface area contributed by atoms with Crippen LogP contribution in [0.5, 0.6) is 5.75 Å².